The molecule has 0 amide bonds. The molecule has 0 fully saturated rings. The summed E-state index contributed by atoms with van der Waals surface area (Å²) < 4.78 is 0. The van der Waals surface area contributed by atoms with Crippen molar-refractivity contribution in [3.05, 3.63) is 115 Å². The Balaban J connectivity index is 1.57. The number of fused-ring (bicyclic) bond motifs is 1. The summed E-state index contributed by atoms with van der Waals surface area (Å²) in [4.78, 5) is 0. The second-order valence-electron chi connectivity index (χ2n) is 7.28. The van der Waals surface area contributed by atoms with E-state index in [1.165, 1.54) is 27.5 Å². The van der Waals surface area contributed by atoms with Crippen molar-refractivity contribution >= 4 is 16.5 Å². The topological polar surface area (TPSA) is 26.0 Å². The number of anilines is 1. The van der Waals surface area contributed by atoms with Crippen LogP contribution in [0.15, 0.2) is 115 Å². The number of hydrogen-bond acceptors (Lipinski definition) is 1. The van der Waals surface area contributed by atoms with Crippen molar-refractivity contribution in [2.45, 2.75) is 0 Å². The number of benzene rings is 5. The minimum absolute atomic E-state index is 0.796. The van der Waals surface area contributed by atoms with Gasteiger partial charge in [-0.2, -0.15) is 0 Å². The van der Waals surface area contributed by atoms with Crippen molar-refractivity contribution < 1.29 is 0 Å². The molecule has 0 saturated carbocycles. The van der Waals surface area contributed by atoms with Gasteiger partial charge in [0.1, 0.15) is 0 Å². The van der Waals surface area contributed by atoms with Gasteiger partial charge in [-0.05, 0) is 50.7 Å². The molecule has 1 heteroatoms. The molecule has 0 atom stereocenters. The van der Waals surface area contributed by atoms with Gasteiger partial charge in [0, 0.05) is 11.3 Å². The molecule has 0 radical (unpaired) electrons. The summed E-state index contributed by atoms with van der Waals surface area (Å²) in [7, 11) is 0. The average molecular weight is 371 g/mol. The van der Waals surface area contributed by atoms with E-state index in [9.17, 15) is 0 Å². The molecule has 0 bridgehead atoms. The van der Waals surface area contributed by atoms with Crippen LogP contribution in [0.1, 0.15) is 0 Å². The van der Waals surface area contributed by atoms with E-state index in [2.05, 4.69) is 97.1 Å². The Labute approximate surface area is 171 Å². The minimum atomic E-state index is 0.796. The van der Waals surface area contributed by atoms with Gasteiger partial charge >= 0.3 is 0 Å². The molecular formula is C28H21N. The van der Waals surface area contributed by atoms with Crippen LogP contribution in [0.25, 0.3) is 44.2 Å². The van der Waals surface area contributed by atoms with E-state index in [1.54, 1.807) is 0 Å². The highest BCUT2D eigenvalue weighted by atomic mass is 14.6. The van der Waals surface area contributed by atoms with Crippen molar-refractivity contribution in [2.24, 2.45) is 0 Å². The highest BCUT2D eigenvalue weighted by Gasteiger charge is 2.11. The van der Waals surface area contributed by atoms with Crippen molar-refractivity contribution in [3.63, 3.8) is 0 Å². The van der Waals surface area contributed by atoms with Crippen molar-refractivity contribution in [1.82, 2.24) is 0 Å². The quantitative estimate of drug-likeness (QED) is 0.328. The highest BCUT2D eigenvalue weighted by molar-refractivity contribution is 5.92. The van der Waals surface area contributed by atoms with Gasteiger partial charge in [0.2, 0.25) is 0 Å². The highest BCUT2D eigenvalue weighted by Crippen LogP contribution is 2.37. The lowest BCUT2D eigenvalue weighted by molar-refractivity contribution is 1.57. The third-order valence-corrected chi connectivity index (χ3v) is 5.44. The maximum atomic E-state index is 6.40. The van der Waals surface area contributed by atoms with E-state index in [1.807, 2.05) is 18.2 Å². The predicted octanol–water partition coefficient (Wildman–Crippen LogP) is 7.42. The first kappa shape index (κ1) is 17.3. The van der Waals surface area contributed by atoms with E-state index in [0.717, 1.165) is 22.4 Å². The zero-order valence-corrected chi connectivity index (χ0v) is 16.0. The molecule has 0 aliphatic carbocycles. The predicted molar refractivity (Wildman–Crippen MR) is 125 cm³/mol. The molecule has 0 spiro atoms. The van der Waals surface area contributed by atoms with Crippen LogP contribution >= 0.6 is 0 Å². The fraction of sp³-hybridized carbons (Fsp3) is 0. The zero-order valence-electron chi connectivity index (χ0n) is 16.0. The molecule has 5 aromatic carbocycles. The zero-order chi connectivity index (χ0) is 19.6. The lowest BCUT2D eigenvalue weighted by Crippen LogP contribution is -1.93. The van der Waals surface area contributed by atoms with Gasteiger partial charge < -0.3 is 5.73 Å². The molecule has 0 aromatic heterocycles. The maximum Gasteiger partial charge on any atom is 0.0400 e. The van der Waals surface area contributed by atoms with Gasteiger partial charge in [-0.15, -0.1) is 0 Å². The Morgan fingerprint density at radius 2 is 1.07 bits per heavy atom. The van der Waals surface area contributed by atoms with Crippen LogP contribution in [0.2, 0.25) is 0 Å². The number of hydrogen-bond donors (Lipinski definition) is 1. The fourth-order valence-corrected chi connectivity index (χ4v) is 3.95. The monoisotopic (exact) mass is 371 g/mol. The van der Waals surface area contributed by atoms with Crippen LogP contribution < -0.4 is 5.73 Å². The van der Waals surface area contributed by atoms with Crippen LogP contribution in [-0.4, -0.2) is 0 Å². The van der Waals surface area contributed by atoms with Gasteiger partial charge in [0.25, 0.3) is 0 Å². The van der Waals surface area contributed by atoms with Gasteiger partial charge in [-0.25, -0.2) is 0 Å². The summed E-state index contributed by atoms with van der Waals surface area (Å²) in [5.41, 5.74) is 14.2. The standard InChI is InChI=1S/C28H21N/c29-27-12-6-11-26(22-8-2-1-3-9-22)28(27)23-16-13-21(14-17-23)25-18-15-20-7-4-5-10-24(20)19-25/h1-19H,29H2. The summed E-state index contributed by atoms with van der Waals surface area (Å²) in [5, 5.41) is 2.52. The molecule has 29 heavy (non-hydrogen) atoms. The summed E-state index contributed by atoms with van der Waals surface area (Å²) in [6, 6.07) is 40.3. The molecule has 0 aliphatic rings. The molecule has 0 aliphatic heterocycles. The average Bonchev–Trinajstić information content (AvgIpc) is 2.79. The van der Waals surface area contributed by atoms with E-state index in [0.29, 0.717) is 0 Å². The Kier molecular flexibility index (Phi) is 4.34. The van der Waals surface area contributed by atoms with Crippen molar-refractivity contribution in [3.8, 4) is 33.4 Å². The fourth-order valence-electron chi connectivity index (χ4n) is 3.95. The smallest absolute Gasteiger partial charge is 0.0400 e. The van der Waals surface area contributed by atoms with Crippen molar-refractivity contribution in [2.75, 3.05) is 5.73 Å². The van der Waals surface area contributed by atoms with E-state index in [4.69, 9.17) is 5.73 Å². The third-order valence-electron chi connectivity index (χ3n) is 5.44. The maximum absolute atomic E-state index is 6.40. The largest absolute Gasteiger partial charge is 0.398 e. The lowest BCUT2D eigenvalue weighted by atomic mass is 9.92. The van der Waals surface area contributed by atoms with Crippen LogP contribution in [0, 0.1) is 0 Å². The Hall–Kier alpha value is -3.84. The second-order valence-corrected chi connectivity index (χ2v) is 7.28. The van der Waals surface area contributed by atoms with Crippen LogP contribution in [0.4, 0.5) is 5.69 Å². The Morgan fingerprint density at radius 3 is 1.86 bits per heavy atom. The second kappa shape index (κ2) is 7.29. The Bertz CT molecular complexity index is 1290. The van der Waals surface area contributed by atoms with Gasteiger partial charge in [-0.1, -0.05) is 103 Å². The number of rotatable bonds is 3. The van der Waals surface area contributed by atoms with Crippen molar-refractivity contribution in [1.29, 1.82) is 0 Å². The third kappa shape index (κ3) is 3.28. The number of nitrogen functional groups attached to an aromatic ring is 1. The molecule has 5 aromatic rings. The summed E-state index contributed by atoms with van der Waals surface area (Å²) in [6.07, 6.45) is 0. The lowest BCUT2D eigenvalue weighted by Gasteiger charge is -2.14. The summed E-state index contributed by atoms with van der Waals surface area (Å²) >= 11 is 0. The molecule has 2 N–H and O–H groups in total. The van der Waals surface area contributed by atoms with Gasteiger partial charge in [0.05, 0.1) is 0 Å². The van der Waals surface area contributed by atoms with Gasteiger partial charge in [0.15, 0.2) is 0 Å². The molecule has 5 rings (SSSR count). The Morgan fingerprint density at radius 1 is 0.414 bits per heavy atom. The number of nitrogens with two attached hydrogens (primary N) is 1. The van der Waals surface area contributed by atoms with Crippen LogP contribution in [0.5, 0.6) is 0 Å². The van der Waals surface area contributed by atoms with Crippen LogP contribution in [-0.2, 0) is 0 Å². The van der Waals surface area contributed by atoms with E-state index in [-0.39, 0.29) is 0 Å². The summed E-state index contributed by atoms with van der Waals surface area (Å²) in [5.74, 6) is 0. The summed E-state index contributed by atoms with van der Waals surface area (Å²) in [6.45, 7) is 0. The first-order valence-corrected chi connectivity index (χ1v) is 9.83. The molecule has 1 nitrogen and oxygen atoms in total. The van der Waals surface area contributed by atoms with Gasteiger partial charge in [-0.3, -0.25) is 0 Å². The molecule has 0 saturated heterocycles. The van der Waals surface area contributed by atoms with E-state index < -0.39 is 0 Å². The van der Waals surface area contributed by atoms with Crippen LogP contribution in [0.3, 0.4) is 0 Å². The SMILES string of the molecule is Nc1cccc(-c2ccccc2)c1-c1ccc(-c2ccc3ccccc3c2)cc1. The minimum Gasteiger partial charge on any atom is -0.398 e. The normalized spacial score (nSPS) is 10.9. The molecular weight excluding hydrogens is 350 g/mol. The first-order chi connectivity index (χ1) is 14.3. The first-order valence-electron chi connectivity index (χ1n) is 9.83. The molecule has 0 heterocycles. The molecule has 138 valence electrons. The molecule has 0 unspecified atom stereocenters. The van der Waals surface area contributed by atoms with E-state index >= 15 is 0 Å².